The predicted octanol–water partition coefficient (Wildman–Crippen LogP) is 1.75. The maximum absolute atomic E-state index is 12.7. The molecule has 19 heavy (non-hydrogen) atoms. The van der Waals surface area contributed by atoms with Gasteiger partial charge >= 0.3 is 0 Å². The molecule has 0 N–H and O–H groups in total. The predicted molar refractivity (Wildman–Crippen MR) is 77.6 cm³/mol. The summed E-state index contributed by atoms with van der Waals surface area (Å²) >= 11 is 4.39. The molecule has 1 aliphatic rings. The van der Waals surface area contributed by atoms with E-state index in [4.69, 9.17) is 0 Å². The van der Waals surface area contributed by atoms with Crippen LogP contribution >= 0.6 is 27.3 Å². The molecule has 0 saturated carbocycles. The fourth-order valence-electron chi connectivity index (χ4n) is 2.18. The molecule has 1 fully saturated rings. The van der Waals surface area contributed by atoms with Gasteiger partial charge in [-0.15, -0.1) is 11.3 Å². The van der Waals surface area contributed by atoms with E-state index in [0.717, 1.165) is 11.3 Å². The van der Waals surface area contributed by atoms with E-state index < -0.39 is 15.6 Å². The van der Waals surface area contributed by atoms with Crippen LogP contribution < -0.4 is 0 Å². The minimum atomic E-state index is -3.66. The number of carbonyl (C=O) groups excluding carboxylic acids is 1. The van der Waals surface area contributed by atoms with Crippen LogP contribution in [0.5, 0.6) is 0 Å². The van der Waals surface area contributed by atoms with Gasteiger partial charge in [-0.1, -0.05) is 0 Å². The summed E-state index contributed by atoms with van der Waals surface area (Å²) in [5.41, 5.74) is -1.06. The largest absolute Gasteiger partial charge is 0.343 e. The fourth-order valence-corrected chi connectivity index (χ4v) is 6.33. The lowest BCUT2D eigenvalue weighted by Gasteiger charge is -2.43. The van der Waals surface area contributed by atoms with E-state index in [0.29, 0.717) is 17.6 Å². The van der Waals surface area contributed by atoms with Crippen molar-refractivity contribution in [3.05, 3.63) is 15.9 Å². The molecule has 2 rings (SSSR count). The summed E-state index contributed by atoms with van der Waals surface area (Å²) in [7, 11) is -1.97. The fraction of sp³-hybridized carbons (Fsp3) is 0.545. The van der Waals surface area contributed by atoms with Crippen LogP contribution in [-0.4, -0.2) is 49.2 Å². The van der Waals surface area contributed by atoms with Crippen LogP contribution in [0.4, 0.5) is 0 Å². The maximum atomic E-state index is 12.7. The molecular weight excluding hydrogens is 352 g/mol. The normalized spacial score (nSPS) is 20.8. The molecule has 2 heterocycles. The number of sulfonamides is 1. The van der Waals surface area contributed by atoms with Gasteiger partial charge in [-0.3, -0.25) is 4.79 Å². The van der Waals surface area contributed by atoms with E-state index in [-0.39, 0.29) is 10.1 Å². The van der Waals surface area contributed by atoms with Gasteiger partial charge in [-0.25, -0.2) is 8.42 Å². The lowest BCUT2D eigenvalue weighted by Crippen LogP contribution is -2.63. The molecule has 1 amide bonds. The van der Waals surface area contributed by atoms with E-state index in [1.807, 2.05) is 0 Å². The number of piperazine rings is 1. The third-order valence-electron chi connectivity index (χ3n) is 3.24. The first kappa shape index (κ1) is 15.0. The second-order valence-corrected chi connectivity index (χ2v) is 8.75. The summed E-state index contributed by atoms with van der Waals surface area (Å²) in [5, 5.41) is 1.71. The van der Waals surface area contributed by atoms with Gasteiger partial charge in [0.05, 0.1) is 0 Å². The van der Waals surface area contributed by atoms with Gasteiger partial charge in [0.1, 0.15) is 9.75 Å². The van der Waals surface area contributed by atoms with E-state index in [9.17, 15) is 13.2 Å². The van der Waals surface area contributed by atoms with E-state index in [2.05, 4.69) is 15.9 Å². The highest BCUT2D eigenvalue weighted by Gasteiger charge is 2.47. The van der Waals surface area contributed by atoms with E-state index >= 15 is 0 Å². The average molecular weight is 367 g/mol. The molecular formula is C11H15BrN2O3S2. The van der Waals surface area contributed by atoms with Crippen molar-refractivity contribution in [2.75, 3.05) is 20.1 Å². The van der Waals surface area contributed by atoms with Gasteiger partial charge < -0.3 is 4.90 Å². The Morgan fingerprint density at radius 2 is 2.00 bits per heavy atom. The first-order chi connectivity index (χ1) is 8.69. The highest BCUT2D eigenvalue weighted by molar-refractivity contribution is 9.10. The van der Waals surface area contributed by atoms with Crippen LogP contribution in [0.3, 0.4) is 0 Å². The molecule has 1 aromatic rings. The number of nitrogens with zero attached hydrogens (tertiary/aromatic N) is 2. The molecule has 0 bridgehead atoms. The highest BCUT2D eigenvalue weighted by Crippen LogP contribution is 2.35. The summed E-state index contributed by atoms with van der Waals surface area (Å²) in [6.07, 6.45) is 0. The Hall–Kier alpha value is -0.440. The zero-order chi connectivity index (χ0) is 14.4. The first-order valence-corrected chi connectivity index (χ1v) is 8.81. The van der Waals surface area contributed by atoms with Crippen molar-refractivity contribution in [3.8, 4) is 0 Å². The second kappa shape index (κ2) is 4.83. The molecule has 1 aliphatic heterocycles. The minimum absolute atomic E-state index is 0.185. The third kappa shape index (κ3) is 2.35. The number of halogens is 1. The molecule has 106 valence electrons. The Morgan fingerprint density at radius 3 is 2.53 bits per heavy atom. The molecule has 0 radical (unpaired) electrons. The van der Waals surface area contributed by atoms with Crippen molar-refractivity contribution in [2.45, 2.75) is 23.6 Å². The Labute approximate surface area is 125 Å². The number of thiophene rings is 1. The van der Waals surface area contributed by atoms with Gasteiger partial charge in [-0.05, 0) is 41.2 Å². The van der Waals surface area contributed by atoms with Crippen LogP contribution in [0.15, 0.2) is 20.1 Å². The summed E-state index contributed by atoms with van der Waals surface area (Å²) in [4.78, 5) is 13.7. The Kier molecular flexibility index (Phi) is 3.81. The van der Waals surface area contributed by atoms with Crippen molar-refractivity contribution in [2.24, 2.45) is 0 Å². The molecule has 0 atom stereocenters. The van der Waals surface area contributed by atoms with Crippen molar-refractivity contribution < 1.29 is 13.2 Å². The molecule has 0 aromatic carbocycles. The van der Waals surface area contributed by atoms with Gasteiger partial charge in [0.2, 0.25) is 5.91 Å². The monoisotopic (exact) mass is 366 g/mol. The van der Waals surface area contributed by atoms with Crippen LogP contribution in [0, 0.1) is 0 Å². The zero-order valence-corrected chi connectivity index (χ0v) is 14.1. The van der Waals surface area contributed by atoms with Crippen LogP contribution in [-0.2, 0) is 14.8 Å². The molecule has 1 aromatic heterocycles. The number of carbonyl (C=O) groups is 1. The number of hydrogen-bond acceptors (Lipinski definition) is 4. The molecule has 8 heteroatoms. The number of amides is 1. The van der Waals surface area contributed by atoms with Crippen molar-refractivity contribution in [1.29, 1.82) is 0 Å². The Balaban J connectivity index is 2.47. The summed E-state index contributed by atoms with van der Waals surface area (Å²) in [5.74, 6) is -0.185. The van der Waals surface area contributed by atoms with Crippen LogP contribution in [0.25, 0.3) is 0 Å². The smallest absolute Gasteiger partial charge is 0.254 e. The molecule has 5 nitrogen and oxygen atoms in total. The van der Waals surface area contributed by atoms with Crippen molar-refractivity contribution >= 4 is 43.2 Å². The minimum Gasteiger partial charge on any atom is -0.343 e. The van der Waals surface area contributed by atoms with Crippen molar-refractivity contribution in [3.63, 3.8) is 0 Å². The number of hydrogen-bond donors (Lipinski definition) is 0. The summed E-state index contributed by atoms with van der Waals surface area (Å²) in [6, 6.07) is 1.70. The Bertz CT molecular complexity index is 609. The van der Waals surface area contributed by atoms with Gasteiger partial charge in [0, 0.05) is 24.6 Å². The zero-order valence-electron chi connectivity index (χ0n) is 10.9. The highest BCUT2D eigenvalue weighted by atomic mass is 79.9. The lowest BCUT2D eigenvalue weighted by atomic mass is 10.0. The molecule has 0 spiro atoms. The van der Waals surface area contributed by atoms with Crippen molar-refractivity contribution in [1.82, 2.24) is 9.21 Å². The van der Waals surface area contributed by atoms with E-state index in [1.165, 1.54) is 4.31 Å². The van der Waals surface area contributed by atoms with Crippen LogP contribution in [0.2, 0.25) is 0 Å². The second-order valence-electron chi connectivity index (χ2n) is 4.92. The lowest BCUT2D eigenvalue weighted by molar-refractivity contribution is -0.142. The molecule has 0 unspecified atom stereocenters. The summed E-state index contributed by atoms with van der Waals surface area (Å²) < 4.78 is 27.4. The standard InChI is InChI=1S/C11H15BrN2O3S2/c1-11(2)10(15)13(3)5-6-14(11)19(16,17)9-8(12)4-7-18-9/h4,7H,5-6H2,1-3H3. The van der Waals surface area contributed by atoms with Gasteiger partial charge in [0.15, 0.2) is 0 Å². The van der Waals surface area contributed by atoms with Gasteiger partial charge in [-0.2, -0.15) is 4.31 Å². The third-order valence-corrected chi connectivity index (χ3v) is 7.96. The quantitative estimate of drug-likeness (QED) is 0.800. The molecule has 1 saturated heterocycles. The first-order valence-electron chi connectivity index (χ1n) is 5.70. The summed E-state index contributed by atoms with van der Waals surface area (Å²) in [6.45, 7) is 4.00. The molecule has 0 aliphatic carbocycles. The number of rotatable bonds is 2. The average Bonchev–Trinajstić information content (AvgIpc) is 2.72. The van der Waals surface area contributed by atoms with Crippen LogP contribution in [0.1, 0.15) is 13.8 Å². The SMILES string of the molecule is CN1CCN(S(=O)(=O)c2sccc2Br)C(C)(C)C1=O. The van der Waals surface area contributed by atoms with E-state index in [1.54, 1.807) is 37.2 Å². The Morgan fingerprint density at radius 1 is 1.37 bits per heavy atom. The maximum Gasteiger partial charge on any atom is 0.254 e. The topological polar surface area (TPSA) is 57.7 Å². The van der Waals surface area contributed by atoms with Gasteiger partial charge in [0.25, 0.3) is 10.0 Å². The number of likely N-dealkylation sites (N-methyl/N-ethyl adjacent to an activating group) is 1.